The fraction of sp³-hybridized carbons (Fsp3) is 0.350. The molecule has 0 spiro atoms. The van der Waals surface area contributed by atoms with Gasteiger partial charge in [0.05, 0.1) is 0 Å². The Hall–Kier alpha value is -2.81. The van der Waals surface area contributed by atoms with Crippen LogP contribution in [0.5, 0.6) is 0 Å². The van der Waals surface area contributed by atoms with Crippen LogP contribution in [0.15, 0.2) is 45.5 Å². The Morgan fingerprint density at radius 2 is 1.72 bits per heavy atom. The Balaban J connectivity index is 1.70. The van der Waals surface area contributed by atoms with E-state index < -0.39 is 11.7 Å². The summed E-state index contributed by atoms with van der Waals surface area (Å²) in [4.78, 5) is 35.4. The van der Waals surface area contributed by atoms with Gasteiger partial charge < -0.3 is 25.1 Å². The number of carbonyl (C=O) groups is 3. The number of hydrogen-bond donors (Lipinski definition) is 3. The fourth-order valence-corrected chi connectivity index (χ4v) is 2.52. The first-order valence-corrected chi connectivity index (χ1v) is 9.81. The number of halogens is 1. The highest BCUT2D eigenvalue weighted by Crippen LogP contribution is 2.16. The highest BCUT2D eigenvalue weighted by Gasteiger charge is 2.16. The van der Waals surface area contributed by atoms with E-state index in [1.807, 2.05) is 0 Å². The molecule has 0 aliphatic heterocycles. The average Bonchev–Trinajstić information content (AvgIpc) is 3.06. The highest BCUT2D eigenvalue weighted by atomic mass is 79.9. The molecule has 0 radical (unpaired) electrons. The molecule has 9 heteroatoms. The van der Waals surface area contributed by atoms with Gasteiger partial charge in [-0.1, -0.05) is 12.1 Å². The Bertz CT molecular complexity index is 856. The molecular weight excluding hydrogens is 442 g/mol. The number of alkyl carbamates (subject to hydrolysis) is 1. The molecule has 0 unspecified atom stereocenters. The predicted molar refractivity (Wildman–Crippen MR) is 112 cm³/mol. The summed E-state index contributed by atoms with van der Waals surface area (Å²) in [6, 6.07) is 10.3. The molecule has 156 valence electrons. The molecule has 3 amide bonds. The molecule has 3 N–H and O–H groups in total. The summed E-state index contributed by atoms with van der Waals surface area (Å²) < 4.78 is 10.8. The molecule has 1 aromatic carbocycles. The van der Waals surface area contributed by atoms with Crippen molar-refractivity contribution in [3.8, 4) is 0 Å². The highest BCUT2D eigenvalue weighted by molar-refractivity contribution is 9.10. The van der Waals surface area contributed by atoms with Crippen LogP contribution < -0.4 is 16.0 Å². The van der Waals surface area contributed by atoms with Crippen LogP contribution in [0, 0.1) is 0 Å². The summed E-state index contributed by atoms with van der Waals surface area (Å²) in [7, 11) is 0. The second-order valence-corrected chi connectivity index (χ2v) is 7.99. The van der Waals surface area contributed by atoms with Crippen LogP contribution in [-0.4, -0.2) is 30.1 Å². The predicted octanol–water partition coefficient (Wildman–Crippen LogP) is 3.83. The number of carbonyl (C=O) groups excluding carboxylic acids is 3. The van der Waals surface area contributed by atoms with Gasteiger partial charge in [-0.2, -0.15) is 0 Å². The smallest absolute Gasteiger partial charge is 0.407 e. The molecule has 0 aliphatic rings. The molecule has 0 fully saturated rings. The lowest BCUT2D eigenvalue weighted by Crippen LogP contribution is -2.35. The minimum absolute atomic E-state index is 0.145. The van der Waals surface area contributed by atoms with E-state index in [9.17, 15) is 14.4 Å². The van der Waals surface area contributed by atoms with Gasteiger partial charge in [0.2, 0.25) is 5.91 Å². The lowest BCUT2D eigenvalue weighted by molar-refractivity contribution is -0.121. The zero-order chi connectivity index (χ0) is 21.4. The van der Waals surface area contributed by atoms with E-state index in [-0.39, 0.29) is 30.5 Å². The maximum Gasteiger partial charge on any atom is 0.407 e. The number of benzene rings is 1. The van der Waals surface area contributed by atoms with E-state index in [1.165, 1.54) is 0 Å². The monoisotopic (exact) mass is 465 g/mol. The first-order valence-electron chi connectivity index (χ1n) is 9.01. The quantitative estimate of drug-likeness (QED) is 0.575. The zero-order valence-corrected chi connectivity index (χ0v) is 18.1. The molecular formula is C20H24BrN3O5. The van der Waals surface area contributed by atoms with Crippen molar-refractivity contribution in [2.24, 2.45) is 0 Å². The summed E-state index contributed by atoms with van der Waals surface area (Å²) >= 11 is 3.15. The number of amides is 3. The van der Waals surface area contributed by atoms with Crippen LogP contribution in [0.25, 0.3) is 0 Å². The molecule has 0 aliphatic carbocycles. The molecule has 0 saturated carbocycles. The summed E-state index contributed by atoms with van der Waals surface area (Å²) in [6.07, 6.45) is -0.406. The van der Waals surface area contributed by atoms with Crippen molar-refractivity contribution in [2.75, 3.05) is 11.9 Å². The fourth-order valence-electron chi connectivity index (χ4n) is 2.22. The maximum atomic E-state index is 12.0. The van der Waals surface area contributed by atoms with Crippen molar-refractivity contribution >= 4 is 39.5 Å². The first kappa shape index (κ1) is 22.5. The largest absolute Gasteiger partial charge is 0.444 e. The standard InChI is InChI=1S/C20H24BrN3O5/c1-20(2,3)29-19(27)22-11-10-17(25)23-12-13-4-6-14(7-5-13)24-18(26)15-8-9-16(21)28-15/h4-9H,10-12H2,1-3H3,(H,22,27)(H,23,25)(H,24,26). The number of ether oxygens (including phenoxy) is 1. The number of nitrogens with one attached hydrogen (secondary N) is 3. The lowest BCUT2D eigenvalue weighted by Gasteiger charge is -2.19. The van der Waals surface area contributed by atoms with Gasteiger partial charge in [0.15, 0.2) is 10.4 Å². The van der Waals surface area contributed by atoms with Gasteiger partial charge in [-0.05, 0) is 66.5 Å². The molecule has 29 heavy (non-hydrogen) atoms. The van der Waals surface area contributed by atoms with Crippen molar-refractivity contribution in [1.82, 2.24) is 10.6 Å². The van der Waals surface area contributed by atoms with Gasteiger partial charge in [0.1, 0.15) is 5.60 Å². The number of hydrogen-bond acceptors (Lipinski definition) is 5. The Morgan fingerprint density at radius 1 is 1.03 bits per heavy atom. The van der Waals surface area contributed by atoms with E-state index in [1.54, 1.807) is 57.2 Å². The van der Waals surface area contributed by atoms with Gasteiger partial charge in [0.25, 0.3) is 5.91 Å². The summed E-state index contributed by atoms with van der Waals surface area (Å²) in [5, 5.41) is 8.03. The lowest BCUT2D eigenvalue weighted by atomic mass is 10.2. The van der Waals surface area contributed by atoms with Gasteiger partial charge in [-0.3, -0.25) is 9.59 Å². The maximum absolute atomic E-state index is 12.0. The molecule has 0 atom stereocenters. The van der Waals surface area contributed by atoms with Crippen LogP contribution in [0.1, 0.15) is 43.3 Å². The van der Waals surface area contributed by atoms with Crippen LogP contribution in [-0.2, 0) is 16.1 Å². The van der Waals surface area contributed by atoms with Crippen molar-refractivity contribution in [3.63, 3.8) is 0 Å². The number of furan rings is 1. The SMILES string of the molecule is CC(C)(C)OC(=O)NCCC(=O)NCc1ccc(NC(=O)c2ccc(Br)o2)cc1. The molecule has 0 saturated heterocycles. The van der Waals surface area contributed by atoms with Crippen LogP contribution in [0.2, 0.25) is 0 Å². The summed E-state index contributed by atoms with van der Waals surface area (Å²) in [5.74, 6) is -0.343. The van der Waals surface area contributed by atoms with Gasteiger partial charge in [-0.15, -0.1) is 0 Å². The van der Waals surface area contributed by atoms with Gasteiger partial charge in [-0.25, -0.2) is 4.79 Å². The van der Waals surface area contributed by atoms with E-state index >= 15 is 0 Å². The third kappa shape index (κ3) is 8.39. The van der Waals surface area contributed by atoms with Crippen LogP contribution >= 0.6 is 15.9 Å². The normalized spacial score (nSPS) is 10.9. The van der Waals surface area contributed by atoms with E-state index in [0.29, 0.717) is 16.9 Å². The minimum atomic E-state index is -0.577. The first-order chi connectivity index (χ1) is 13.6. The second-order valence-electron chi connectivity index (χ2n) is 7.21. The summed E-state index contributed by atoms with van der Waals surface area (Å²) in [5.41, 5.74) is 0.906. The average molecular weight is 466 g/mol. The van der Waals surface area contributed by atoms with Crippen LogP contribution in [0.4, 0.5) is 10.5 Å². The molecule has 0 bridgehead atoms. The Labute approximate surface area is 177 Å². The van der Waals surface area contributed by atoms with Gasteiger partial charge in [0, 0.05) is 25.2 Å². The molecule has 1 heterocycles. The van der Waals surface area contributed by atoms with Crippen molar-refractivity contribution in [1.29, 1.82) is 0 Å². The van der Waals surface area contributed by atoms with Crippen molar-refractivity contribution < 1.29 is 23.5 Å². The zero-order valence-electron chi connectivity index (χ0n) is 16.5. The topological polar surface area (TPSA) is 110 Å². The Morgan fingerprint density at radius 3 is 2.31 bits per heavy atom. The molecule has 2 rings (SSSR count). The Kier molecular flexibility index (Phi) is 7.83. The van der Waals surface area contributed by atoms with Crippen molar-refractivity contribution in [2.45, 2.75) is 39.3 Å². The number of rotatable bonds is 7. The number of anilines is 1. The molecule has 1 aromatic heterocycles. The van der Waals surface area contributed by atoms with Crippen LogP contribution in [0.3, 0.4) is 0 Å². The second kappa shape index (κ2) is 10.1. The van der Waals surface area contributed by atoms with E-state index in [2.05, 4.69) is 31.9 Å². The summed E-state index contributed by atoms with van der Waals surface area (Å²) in [6.45, 7) is 5.84. The third-order valence-corrected chi connectivity index (χ3v) is 3.94. The minimum Gasteiger partial charge on any atom is -0.444 e. The van der Waals surface area contributed by atoms with E-state index in [4.69, 9.17) is 9.15 Å². The van der Waals surface area contributed by atoms with Crippen molar-refractivity contribution in [3.05, 3.63) is 52.4 Å². The molecule has 2 aromatic rings. The van der Waals surface area contributed by atoms with E-state index in [0.717, 1.165) is 5.56 Å². The third-order valence-electron chi connectivity index (χ3n) is 3.52. The van der Waals surface area contributed by atoms with Gasteiger partial charge >= 0.3 is 6.09 Å². The molecule has 8 nitrogen and oxygen atoms in total.